The van der Waals surface area contributed by atoms with Crippen molar-refractivity contribution in [3.05, 3.63) is 69.6 Å². The van der Waals surface area contributed by atoms with Crippen LogP contribution in [0.2, 0.25) is 5.02 Å². The number of para-hydroxylation sites is 1. The van der Waals surface area contributed by atoms with Crippen molar-refractivity contribution < 1.29 is 22.4 Å². The van der Waals surface area contributed by atoms with E-state index in [9.17, 15) is 13.2 Å². The molecule has 12 heteroatoms. The zero-order chi connectivity index (χ0) is 24.2. The molecule has 0 spiro atoms. The van der Waals surface area contributed by atoms with Crippen LogP contribution >= 0.6 is 27.5 Å². The highest BCUT2D eigenvalue weighted by molar-refractivity contribution is 9.12. The Hall–Kier alpha value is -3.02. The first-order valence-electron chi connectivity index (χ1n) is 9.42. The first-order valence-corrected chi connectivity index (χ1v) is 12.5. The van der Waals surface area contributed by atoms with Crippen LogP contribution in [0, 0.1) is 0 Å². The molecule has 0 unspecified atom stereocenters. The number of esters is 1. The maximum atomic E-state index is 12.2. The van der Waals surface area contributed by atoms with Gasteiger partial charge in [-0.2, -0.15) is 0 Å². The van der Waals surface area contributed by atoms with E-state index in [0.29, 0.717) is 16.3 Å². The van der Waals surface area contributed by atoms with E-state index in [1.165, 1.54) is 12.1 Å². The van der Waals surface area contributed by atoms with Gasteiger partial charge in [0, 0.05) is 11.8 Å². The molecule has 1 heterocycles. The van der Waals surface area contributed by atoms with Gasteiger partial charge in [0.15, 0.2) is 9.84 Å². The highest BCUT2D eigenvalue weighted by Gasteiger charge is 2.23. The van der Waals surface area contributed by atoms with E-state index in [-0.39, 0.29) is 39.2 Å². The van der Waals surface area contributed by atoms with Gasteiger partial charge in [0.25, 0.3) is 5.89 Å². The highest BCUT2D eigenvalue weighted by Crippen LogP contribution is 2.29. The average molecular weight is 554 g/mol. The van der Waals surface area contributed by atoms with E-state index in [1.54, 1.807) is 43.3 Å². The van der Waals surface area contributed by atoms with Crippen LogP contribution in [0.3, 0.4) is 0 Å². The van der Waals surface area contributed by atoms with Gasteiger partial charge in [0.2, 0.25) is 5.89 Å². The Balaban J connectivity index is 2.14. The summed E-state index contributed by atoms with van der Waals surface area (Å²) in [6, 6.07) is 12.8. The molecule has 33 heavy (non-hydrogen) atoms. The predicted molar refractivity (Wildman–Crippen MR) is 127 cm³/mol. The summed E-state index contributed by atoms with van der Waals surface area (Å²) in [4.78, 5) is 16.7. The number of ether oxygens (including phenoxy) is 1. The van der Waals surface area contributed by atoms with E-state index in [2.05, 4.69) is 31.1 Å². The Morgan fingerprint density at radius 2 is 1.94 bits per heavy atom. The number of nitrogens with two attached hydrogens (primary N) is 1. The summed E-state index contributed by atoms with van der Waals surface area (Å²) in [5.74, 6) is -0.817. The van der Waals surface area contributed by atoms with Crippen molar-refractivity contribution in [3.8, 4) is 11.5 Å². The molecule has 172 valence electrons. The van der Waals surface area contributed by atoms with Gasteiger partial charge in [-0.05, 0) is 53.2 Å². The van der Waals surface area contributed by atoms with Crippen LogP contribution in [0.4, 0.5) is 5.69 Å². The number of aromatic nitrogens is 2. The van der Waals surface area contributed by atoms with Crippen LogP contribution in [0.5, 0.6) is 0 Å². The summed E-state index contributed by atoms with van der Waals surface area (Å²) in [6.07, 6.45) is 1.10. The van der Waals surface area contributed by atoms with Gasteiger partial charge in [-0.1, -0.05) is 29.8 Å². The molecule has 0 saturated heterocycles. The van der Waals surface area contributed by atoms with Crippen LogP contribution in [-0.4, -0.2) is 43.2 Å². The van der Waals surface area contributed by atoms with Crippen molar-refractivity contribution in [2.24, 2.45) is 10.7 Å². The number of carbonyl (C=O) groups excluding carboxylic acids is 1. The molecule has 9 nitrogen and oxygen atoms in total. The molecule has 3 aromatic rings. The molecule has 2 N–H and O–H groups in total. The van der Waals surface area contributed by atoms with Gasteiger partial charge in [-0.15, -0.1) is 10.2 Å². The third kappa shape index (κ3) is 5.86. The Morgan fingerprint density at radius 3 is 2.61 bits per heavy atom. The summed E-state index contributed by atoms with van der Waals surface area (Å²) in [7, 11) is -3.44. The summed E-state index contributed by atoms with van der Waals surface area (Å²) in [5, 5.41) is 8.34. The van der Waals surface area contributed by atoms with E-state index < -0.39 is 15.8 Å². The van der Waals surface area contributed by atoms with Crippen molar-refractivity contribution in [3.63, 3.8) is 0 Å². The molecule has 0 amide bonds. The number of hydrogen-bond donors (Lipinski definition) is 1. The summed E-state index contributed by atoms with van der Waals surface area (Å²) < 4.78 is 34.5. The smallest absolute Gasteiger partial charge is 0.355 e. The largest absolute Gasteiger partial charge is 0.461 e. The fraction of sp³-hybridized carbons (Fsp3) is 0.143. The molecule has 0 aliphatic heterocycles. The van der Waals surface area contributed by atoms with Gasteiger partial charge >= 0.3 is 5.97 Å². The number of carbonyl (C=O) groups is 1. The van der Waals surface area contributed by atoms with E-state index in [4.69, 9.17) is 26.5 Å². The first kappa shape index (κ1) is 24.6. The molecule has 1 aromatic heterocycles. The number of hydrogen-bond acceptors (Lipinski definition) is 9. The van der Waals surface area contributed by atoms with Gasteiger partial charge in [0.05, 0.1) is 26.7 Å². The quantitative estimate of drug-likeness (QED) is 0.263. The molecular weight excluding hydrogens is 536 g/mol. The second kappa shape index (κ2) is 10.3. The minimum atomic E-state index is -3.44. The maximum Gasteiger partial charge on any atom is 0.355 e. The number of sulfone groups is 1. The summed E-state index contributed by atoms with van der Waals surface area (Å²) in [6.45, 7) is 1.77. The number of benzene rings is 2. The van der Waals surface area contributed by atoms with Crippen molar-refractivity contribution in [2.75, 3.05) is 12.9 Å². The fourth-order valence-electron chi connectivity index (χ4n) is 2.57. The van der Waals surface area contributed by atoms with Crippen molar-refractivity contribution in [2.45, 2.75) is 11.8 Å². The lowest BCUT2D eigenvalue weighted by Crippen LogP contribution is -2.19. The van der Waals surface area contributed by atoms with Crippen LogP contribution < -0.4 is 5.73 Å². The molecule has 0 atom stereocenters. The van der Waals surface area contributed by atoms with Crippen LogP contribution in [-0.2, 0) is 19.4 Å². The van der Waals surface area contributed by atoms with Gasteiger partial charge in [-0.25, -0.2) is 18.2 Å². The second-order valence-electron chi connectivity index (χ2n) is 6.57. The van der Waals surface area contributed by atoms with Crippen molar-refractivity contribution in [1.29, 1.82) is 0 Å². The summed E-state index contributed by atoms with van der Waals surface area (Å²) in [5.41, 5.74) is 6.47. The number of halogens is 2. The highest BCUT2D eigenvalue weighted by atomic mass is 79.9. The molecule has 0 aliphatic carbocycles. The molecule has 0 fully saturated rings. The Labute approximate surface area is 203 Å². The van der Waals surface area contributed by atoms with Crippen LogP contribution in [0.15, 0.2) is 73.0 Å². The molecule has 2 aromatic carbocycles. The van der Waals surface area contributed by atoms with Gasteiger partial charge in [0.1, 0.15) is 11.4 Å². The summed E-state index contributed by atoms with van der Waals surface area (Å²) >= 11 is 9.50. The lowest BCUT2D eigenvalue weighted by Gasteiger charge is -2.07. The van der Waals surface area contributed by atoms with Crippen molar-refractivity contribution >= 4 is 54.7 Å². The molecule has 0 bridgehead atoms. The normalized spacial score (nSPS) is 12.9. The third-order valence-corrected chi connectivity index (χ3v) is 6.39. The fourth-order valence-corrected chi connectivity index (χ4v) is 3.84. The molecule has 0 saturated carbocycles. The zero-order valence-electron chi connectivity index (χ0n) is 17.5. The van der Waals surface area contributed by atoms with E-state index >= 15 is 0 Å². The molecule has 0 aliphatic rings. The molecular formula is C21H18BrClN4O5S. The number of nitrogens with zero attached hydrogens (tertiary/aromatic N) is 3. The predicted octanol–water partition coefficient (Wildman–Crippen LogP) is 4.04. The second-order valence-corrected chi connectivity index (χ2v) is 9.79. The first-order chi connectivity index (χ1) is 15.6. The van der Waals surface area contributed by atoms with Crippen LogP contribution in [0.25, 0.3) is 11.5 Å². The molecule has 0 radical (unpaired) electrons. The Kier molecular flexibility index (Phi) is 7.67. The van der Waals surface area contributed by atoms with Gasteiger partial charge in [-0.3, -0.25) is 0 Å². The third-order valence-electron chi connectivity index (χ3n) is 4.16. The maximum absolute atomic E-state index is 12.2. The Bertz CT molecular complexity index is 1370. The van der Waals surface area contributed by atoms with Crippen LogP contribution in [0.1, 0.15) is 12.8 Å². The Morgan fingerprint density at radius 1 is 1.21 bits per heavy atom. The number of allylic oxidation sites excluding steroid dienone is 1. The van der Waals surface area contributed by atoms with E-state index in [0.717, 1.165) is 6.26 Å². The lowest BCUT2D eigenvalue weighted by atomic mass is 10.2. The monoisotopic (exact) mass is 552 g/mol. The zero-order valence-corrected chi connectivity index (χ0v) is 20.6. The lowest BCUT2D eigenvalue weighted by molar-refractivity contribution is -0.138. The SMILES string of the molecule is CCOC(=O)C(N)=C(Br)C(=Nc1ccccc1Cl)c1nnc(-c2cccc(S(C)(=O)=O)c2)o1. The standard InChI is InChI=1S/C21H18BrClN4O5S/c1-3-31-21(28)17(24)16(22)18(25-15-10-5-4-9-14(15)23)20-27-26-19(32-20)12-7-6-8-13(11-12)33(2,29)30/h4-11H,3,24H2,1-2H3. The number of rotatable bonds is 7. The minimum absolute atomic E-state index is 0.0340. The minimum Gasteiger partial charge on any atom is -0.461 e. The van der Waals surface area contributed by atoms with Crippen molar-refractivity contribution in [1.82, 2.24) is 10.2 Å². The topological polar surface area (TPSA) is 138 Å². The van der Waals surface area contributed by atoms with Gasteiger partial charge < -0.3 is 14.9 Å². The molecule has 3 rings (SSSR count). The average Bonchev–Trinajstić information content (AvgIpc) is 3.27. The number of aliphatic imine (C=N–C) groups is 1. The van der Waals surface area contributed by atoms with E-state index in [1.807, 2.05) is 0 Å².